The smallest absolute Gasteiger partial charge is 0.322 e. The van der Waals surface area contributed by atoms with E-state index in [1.165, 1.54) is 30.0 Å². The number of anilines is 1. The minimum atomic E-state index is -2.61. The van der Waals surface area contributed by atoms with E-state index < -0.39 is 19.0 Å². The fraction of sp³-hybridized carbons (Fsp3) is 0.571. The van der Waals surface area contributed by atoms with Crippen LogP contribution in [-0.4, -0.2) is 48.2 Å². The van der Waals surface area contributed by atoms with Crippen LogP contribution in [0, 0.1) is 0 Å². The van der Waals surface area contributed by atoms with Crippen molar-refractivity contribution in [1.82, 2.24) is 9.47 Å². The number of ether oxygens (including phenoxy) is 1. The van der Waals surface area contributed by atoms with Gasteiger partial charge >= 0.3 is 6.03 Å². The van der Waals surface area contributed by atoms with Gasteiger partial charge in [0.05, 0.1) is 18.8 Å². The average molecular weight is 317 g/mol. The van der Waals surface area contributed by atoms with Gasteiger partial charge in [0.1, 0.15) is 0 Å². The van der Waals surface area contributed by atoms with Crippen LogP contribution in [0.15, 0.2) is 23.1 Å². The predicted octanol–water partition coefficient (Wildman–Crippen LogP) is 2.00. The Bertz CT molecular complexity index is 546. The first-order valence-corrected chi connectivity index (χ1v) is 6.90. The highest BCUT2D eigenvalue weighted by Gasteiger charge is 2.21. The maximum Gasteiger partial charge on any atom is 0.322 e. The minimum absolute atomic E-state index is 0.233. The quantitative estimate of drug-likeness (QED) is 0.836. The molecule has 0 saturated carbocycles. The largest absolute Gasteiger partial charge is 0.383 e. The van der Waals surface area contributed by atoms with E-state index in [1.807, 2.05) is 0 Å². The van der Waals surface area contributed by atoms with Crippen molar-refractivity contribution < 1.29 is 18.3 Å². The second kappa shape index (κ2) is 8.47. The SMILES string of the molecule is COCCn1cc(NC(=O)N(CC(F)F)C(C)C)ccc1=O. The molecule has 0 aliphatic heterocycles. The summed E-state index contributed by atoms with van der Waals surface area (Å²) in [7, 11) is 1.52. The Hall–Kier alpha value is -1.96. The summed E-state index contributed by atoms with van der Waals surface area (Å²) in [4.78, 5) is 24.7. The van der Waals surface area contributed by atoms with Gasteiger partial charge < -0.3 is 19.5 Å². The number of aromatic nitrogens is 1. The molecule has 0 saturated heterocycles. The van der Waals surface area contributed by atoms with E-state index in [1.54, 1.807) is 13.8 Å². The van der Waals surface area contributed by atoms with Crippen LogP contribution in [0.2, 0.25) is 0 Å². The molecule has 0 bridgehead atoms. The van der Waals surface area contributed by atoms with E-state index in [2.05, 4.69) is 5.32 Å². The van der Waals surface area contributed by atoms with Gasteiger partial charge in [-0.3, -0.25) is 4.79 Å². The number of carbonyl (C=O) groups is 1. The molecule has 1 aromatic rings. The highest BCUT2D eigenvalue weighted by Crippen LogP contribution is 2.09. The maximum atomic E-state index is 12.5. The van der Waals surface area contributed by atoms with Crippen molar-refractivity contribution in [3.05, 3.63) is 28.7 Å². The Morgan fingerprint density at radius 1 is 1.41 bits per heavy atom. The second-order valence-corrected chi connectivity index (χ2v) is 5.01. The van der Waals surface area contributed by atoms with Crippen LogP contribution in [0.25, 0.3) is 0 Å². The number of halogens is 2. The summed E-state index contributed by atoms with van der Waals surface area (Å²) in [6, 6.07) is 1.74. The van der Waals surface area contributed by atoms with E-state index in [9.17, 15) is 18.4 Å². The number of amides is 2. The third-order valence-electron chi connectivity index (χ3n) is 2.99. The summed E-state index contributed by atoms with van der Waals surface area (Å²) in [5.74, 6) is 0. The summed E-state index contributed by atoms with van der Waals surface area (Å²) in [6.45, 7) is 3.35. The van der Waals surface area contributed by atoms with Gasteiger partial charge in [-0.1, -0.05) is 0 Å². The number of urea groups is 1. The maximum absolute atomic E-state index is 12.5. The van der Waals surface area contributed by atoms with Crippen molar-refractivity contribution in [2.75, 3.05) is 25.6 Å². The molecule has 1 N–H and O–H groups in total. The normalized spacial score (nSPS) is 11.0. The van der Waals surface area contributed by atoms with Crippen molar-refractivity contribution in [3.63, 3.8) is 0 Å². The molecular formula is C14H21F2N3O3. The number of nitrogens with one attached hydrogen (secondary N) is 1. The van der Waals surface area contributed by atoms with Crippen LogP contribution in [0.4, 0.5) is 19.3 Å². The standard InChI is InChI=1S/C14H21F2N3O3/c1-10(2)19(9-12(15)16)14(21)17-11-4-5-13(20)18(8-11)6-7-22-3/h4-5,8,10,12H,6-7,9H2,1-3H3,(H,17,21). The first-order valence-electron chi connectivity index (χ1n) is 6.90. The molecule has 0 atom stereocenters. The monoisotopic (exact) mass is 317 g/mol. The molecule has 22 heavy (non-hydrogen) atoms. The van der Waals surface area contributed by atoms with Gasteiger partial charge in [-0.2, -0.15) is 0 Å². The van der Waals surface area contributed by atoms with Crippen LogP contribution < -0.4 is 10.9 Å². The molecule has 2 amide bonds. The van der Waals surface area contributed by atoms with Crippen molar-refractivity contribution in [3.8, 4) is 0 Å². The Balaban J connectivity index is 2.84. The number of rotatable bonds is 7. The van der Waals surface area contributed by atoms with Gasteiger partial charge in [-0.15, -0.1) is 0 Å². The van der Waals surface area contributed by atoms with E-state index in [0.717, 1.165) is 4.90 Å². The van der Waals surface area contributed by atoms with Gasteiger partial charge in [0.25, 0.3) is 12.0 Å². The number of alkyl halides is 2. The third kappa shape index (κ3) is 5.44. The van der Waals surface area contributed by atoms with Crippen molar-refractivity contribution in [2.24, 2.45) is 0 Å². The number of carbonyl (C=O) groups excluding carboxylic acids is 1. The first-order chi connectivity index (χ1) is 10.3. The highest BCUT2D eigenvalue weighted by atomic mass is 19.3. The number of pyridine rings is 1. The highest BCUT2D eigenvalue weighted by molar-refractivity contribution is 5.89. The van der Waals surface area contributed by atoms with E-state index in [-0.39, 0.29) is 11.6 Å². The van der Waals surface area contributed by atoms with Crippen molar-refractivity contribution in [1.29, 1.82) is 0 Å². The molecule has 1 heterocycles. The molecule has 0 aliphatic carbocycles. The molecule has 0 spiro atoms. The van der Waals surface area contributed by atoms with Gasteiger partial charge in [0, 0.05) is 32.0 Å². The lowest BCUT2D eigenvalue weighted by Gasteiger charge is -2.26. The van der Waals surface area contributed by atoms with Gasteiger partial charge in [0.15, 0.2) is 0 Å². The Morgan fingerprint density at radius 3 is 2.64 bits per heavy atom. The third-order valence-corrected chi connectivity index (χ3v) is 2.99. The van der Waals surface area contributed by atoms with Gasteiger partial charge in [-0.25, -0.2) is 13.6 Å². The summed E-state index contributed by atoms with van der Waals surface area (Å²) < 4.78 is 31.3. The van der Waals surface area contributed by atoms with Gasteiger partial charge in [0.2, 0.25) is 0 Å². The molecule has 1 aromatic heterocycles. The topological polar surface area (TPSA) is 63.6 Å². The molecule has 0 unspecified atom stereocenters. The molecular weight excluding hydrogens is 296 g/mol. The summed E-state index contributed by atoms with van der Waals surface area (Å²) >= 11 is 0. The second-order valence-electron chi connectivity index (χ2n) is 5.01. The molecule has 1 rings (SSSR count). The Kier molecular flexibility index (Phi) is 6.97. The van der Waals surface area contributed by atoms with E-state index in [0.29, 0.717) is 18.8 Å². The zero-order chi connectivity index (χ0) is 16.7. The molecule has 0 radical (unpaired) electrons. The van der Waals surface area contributed by atoms with Gasteiger partial charge in [-0.05, 0) is 19.9 Å². The van der Waals surface area contributed by atoms with Crippen LogP contribution in [0.1, 0.15) is 13.8 Å². The number of hydrogen-bond acceptors (Lipinski definition) is 3. The lowest BCUT2D eigenvalue weighted by molar-refractivity contribution is 0.0913. The van der Waals surface area contributed by atoms with Crippen molar-refractivity contribution in [2.45, 2.75) is 32.9 Å². The zero-order valence-corrected chi connectivity index (χ0v) is 12.9. The summed E-state index contributed by atoms with van der Waals surface area (Å²) in [6.07, 6.45) is -1.15. The van der Waals surface area contributed by atoms with E-state index in [4.69, 9.17) is 4.74 Å². The number of methoxy groups -OCH3 is 1. The fourth-order valence-corrected chi connectivity index (χ4v) is 1.84. The first kappa shape index (κ1) is 18.1. The van der Waals surface area contributed by atoms with Crippen LogP contribution in [0.3, 0.4) is 0 Å². The summed E-state index contributed by atoms with van der Waals surface area (Å²) in [5, 5.41) is 2.53. The molecule has 0 aliphatic rings. The van der Waals surface area contributed by atoms with E-state index >= 15 is 0 Å². The molecule has 124 valence electrons. The fourth-order valence-electron chi connectivity index (χ4n) is 1.84. The number of hydrogen-bond donors (Lipinski definition) is 1. The lowest BCUT2D eigenvalue weighted by atomic mass is 10.3. The van der Waals surface area contributed by atoms with Crippen molar-refractivity contribution >= 4 is 11.7 Å². The van der Waals surface area contributed by atoms with Crippen LogP contribution >= 0.6 is 0 Å². The lowest BCUT2D eigenvalue weighted by Crippen LogP contribution is -2.43. The molecule has 0 fully saturated rings. The molecule has 0 aromatic carbocycles. The predicted molar refractivity (Wildman–Crippen MR) is 79.4 cm³/mol. The average Bonchev–Trinajstić information content (AvgIpc) is 2.44. The Morgan fingerprint density at radius 2 is 2.09 bits per heavy atom. The van der Waals surface area contributed by atoms with Crippen LogP contribution in [-0.2, 0) is 11.3 Å². The minimum Gasteiger partial charge on any atom is -0.383 e. The molecule has 8 heteroatoms. The summed E-state index contributed by atoms with van der Waals surface area (Å²) in [5.41, 5.74) is 0.129. The zero-order valence-electron chi connectivity index (χ0n) is 12.9. The number of nitrogens with zero attached hydrogens (tertiary/aromatic N) is 2. The Labute approximate surface area is 127 Å². The molecule has 6 nitrogen and oxygen atoms in total. The van der Waals surface area contributed by atoms with Crippen LogP contribution in [0.5, 0.6) is 0 Å².